The summed E-state index contributed by atoms with van der Waals surface area (Å²) in [5.41, 5.74) is 6.47. The first-order valence-corrected chi connectivity index (χ1v) is 6.10. The summed E-state index contributed by atoms with van der Waals surface area (Å²) >= 11 is 12.4. The van der Waals surface area contributed by atoms with Crippen molar-refractivity contribution in [2.75, 3.05) is 6.61 Å². The molecule has 0 saturated heterocycles. The summed E-state index contributed by atoms with van der Waals surface area (Å²) in [5, 5.41) is 0.684. The van der Waals surface area contributed by atoms with E-state index in [1.165, 1.54) is 11.8 Å². The van der Waals surface area contributed by atoms with E-state index >= 15 is 0 Å². The number of nitrogens with two attached hydrogens (primary N) is 1. The number of thioether (sulfide) groups is 1. The van der Waals surface area contributed by atoms with E-state index in [1.54, 1.807) is 0 Å². The van der Waals surface area contributed by atoms with Gasteiger partial charge in [0.05, 0.1) is 6.61 Å². The van der Waals surface area contributed by atoms with Gasteiger partial charge in [-0.3, -0.25) is 0 Å². The molecule has 0 aliphatic carbocycles. The van der Waals surface area contributed by atoms with Crippen molar-refractivity contribution in [1.29, 1.82) is 0 Å². The first kappa shape index (κ1) is 12.8. The van der Waals surface area contributed by atoms with Crippen molar-refractivity contribution in [2.24, 2.45) is 5.73 Å². The number of halogens is 1. The topological polar surface area (TPSA) is 35.2 Å². The molecule has 0 aromatic heterocycles. The number of benzene rings is 1. The van der Waals surface area contributed by atoms with Crippen LogP contribution in [0.2, 0.25) is 5.02 Å². The Morgan fingerprint density at radius 1 is 1.60 bits per heavy atom. The third kappa shape index (κ3) is 3.99. The van der Waals surface area contributed by atoms with Gasteiger partial charge in [-0.05, 0) is 54.7 Å². The summed E-state index contributed by atoms with van der Waals surface area (Å²) < 4.78 is 5.70. The highest BCUT2D eigenvalue weighted by Crippen LogP contribution is 2.25. The standard InChI is InChI=1S/C10H12ClNOS2/c1-2-13-10(14)15-8-3-4-9(11)7(5-8)6-12/h3-5H,2,6,12H2,1H3. The Kier molecular flexibility index (Phi) is 5.39. The van der Waals surface area contributed by atoms with E-state index in [4.69, 9.17) is 34.3 Å². The first-order chi connectivity index (χ1) is 7.17. The van der Waals surface area contributed by atoms with Crippen LogP contribution in [0.5, 0.6) is 0 Å². The van der Waals surface area contributed by atoms with Crippen molar-refractivity contribution in [3.05, 3.63) is 28.8 Å². The van der Waals surface area contributed by atoms with E-state index in [0.717, 1.165) is 10.5 Å². The van der Waals surface area contributed by atoms with E-state index in [2.05, 4.69) is 0 Å². The van der Waals surface area contributed by atoms with Gasteiger partial charge in [0.25, 0.3) is 0 Å². The second kappa shape index (κ2) is 6.33. The summed E-state index contributed by atoms with van der Waals surface area (Å²) in [5.74, 6) is 0. The maximum atomic E-state index is 5.94. The molecule has 0 unspecified atom stereocenters. The van der Waals surface area contributed by atoms with Crippen LogP contribution in [-0.4, -0.2) is 11.0 Å². The van der Waals surface area contributed by atoms with Gasteiger partial charge < -0.3 is 10.5 Å². The van der Waals surface area contributed by atoms with Gasteiger partial charge in [-0.15, -0.1) is 0 Å². The van der Waals surface area contributed by atoms with Crippen LogP contribution < -0.4 is 5.73 Å². The zero-order valence-corrected chi connectivity index (χ0v) is 10.7. The Hall–Kier alpha value is -0.290. The predicted molar refractivity (Wildman–Crippen MR) is 69.4 cm³/mol. The van der Waals surface area contributed by atoms with Crippen LogP contribution in [0.1, 0.15) is 12.5 Å². The van der Waals surface area contributed by atoms with Crippen LogP contribution in [-0.2, 0) is 11.3 Å². The van der Waals surface area contributed by atoms with Crippen molar-refractivity contribution in [3.8, 4) is 0 Å². The van der Waals surface area contributed by atoms with Crippen molar-refractivity contribution in [3.63, 3.8) is 0 Å². The average molecular weight is 262 g/mol. The molecule has 15 heavy (non-hydrogen) atoms. The number of hydrogen-bond donors (Lipinski definition) is 1. The van der Waals surface area contributed by atoms with Crippen molar-refractivity contribution >= 4 is 40.0 Å². The molecule has 5 heteroatoms. The molecule has 0 bridgehead atoms. The van der Waals surface area contributed by atoms with E-state index in [9.17, 15) is 0 Å². The molecule has 82 valence electrons. The Labute approximate surface area is 104 Å². The molecule has 0 heterocycles. The molecule has 0 aliphatic rings. The molecule has 0 saturated carbocycles. The smallest absolute Gasteiger partial charge is 0.224 e. The molecular weight excluding hydrogens is 250 g/mol. The Bertz CT molecular complexity index is 357. The van der Waals surface area contributed by atoms with Crippen LogP contribution in [0.4, 0.5) is 0 Å². The second-order valence-electron chi connectivity index (χ2n) is 2.74. The number of ether oxygens (including phenoxy) is 1. The minimum Gasteiger partial charge on any atom is -0.479 e. The molecular formula is C10H12ClNOS2. The zero-order valence-electron chi connectivity index (χ0n) is 8.33. The van der Waals surface area contributed by atoms with Gasteiger partial charge >= 0.3 is 0 Å². The average Bonchev–Trinajstić information content (AvgIpc) is 2.21. The van der Waals surface area contributed by atoms with Crippen LogP contribution in [0.15, 0.2) is 23.1 Å². The van der Waals surface area contributed by atoms with Crippen LogP contribution in [0, 0.1) is 0 Å². The molecule has 0 spiro atoms. The maximum Gasteiger partial charge on any atom is 0.224 e. The van der Waals surface area contributed by atoms with Gasteiger partial charge in [-0.2, -0.15) is 0 Å². The summed E-state index contributed by atoms with van der Waals surface area (Å²) in [6, 6.07) is 5.65. The Balaban J connectivity index is 2.74. The van der Waals surface area contributed by atoms with E-state index in [1.807, 2.05) is 25.1 Å². The maximum absolute atomic E-state index is 5.94. The van der Waals surface area contributed by atoms with Gasteiger partial charge in [-0.1, -0.05) is 11.6 Å². The van der Waals surface area contributed by atoms with Crippen LogP contribution >= 0.6 is 35.6 Å². The monoisotopic (exact) mass is 261 g/mol. The van der Waals surface area contributed by atoms with Crippen molar-refractivity contribution < 1.29 is 4.74 Å². The normalized spacial score (nSPS) is 10.1. The fraction of sp³-hybridized carbons (Fsp3) is 0.300. The van der Waals surface area contributed by atoms with Gasteiger partial charge in [-0.25, -0.2) is 0 Å². The molecule has 1 aromatic carbocycles. The third-order valence-electron chi connectivity index (χ3n) is 1.70. The molecule has 1 rings (SSSR count). The van der Waals surface area contributed by atoms with E-state index in [0.29, 0.717) is 22.6 Å². The molecule has 0 radical (unpaired) electrons. The van der Waals surface area contributed by atoms with Gasteiger partial charge in [0, 0.05) is 16.5 Å². The minimum absolute atomic E-state index is 0.425. The first-order valence-electron chi connectivity index (χ1n) is 4.50. The summed E-state index contributed by atoms with van der Waals surface area (Å²) in [7, 11) is 0. The molecule has 0 aliphatic heterocycles. The quantitative estimate of drug-likeness (QED) is 0.669. The minimum atomic E-state index is 0.425. The van der Waals surface area contributed by atoms with E-state index in [-0.39, 0.29) is 0 Å². The van der Waals surface area contributed by atoms with Crippen molar-refractivity contribution in [2.45, 2.75) is 18.4 Å². The van der Waals surface area contributed by atoms with Gasteiger partial charge in [0.2, 0.25) is 4.38 Å². The summed E-state index contributed by atoms with van der Waals surface area (Å²) in [6.07, 6.45) is 0. The zero-order chi connectivity index (χ0) is 11.3. The summed E-state index contributed by atoms with van der Waals surface area (Å²) in [4.78, 5) is 0.998. The fourth-order valence-electron chi connectivity index (χ4n) is 1.01. The largest absolute Gasteiger partial charge is 0.479 e. The highest BCUT2D eigenvalue weighted by Gasteiger charge is 2.04. The van der Waals surface area contributed by atoms with Crippen LogP contribution in [0.25, 0.3) is 0 Å². The molecule has 0 amide bonds. The highest BCUT2D eigenvalue weighted by molar-refractivity contribution is 8.22. The molecule has 0 atom stereocenters. The molecule has 1 aromatic rings. The lowest BCUT2D eigenvalue weighted by Crippen LogP contribution is -1.99. The molecule has 2 nitrogen and oxygen atoms in total. The highest BCUT2D eigenvalue weighted by atomic mass is 35.5. The lowest BCUT2D eigenvalue weighted by Gasteiger charge is -2.06. The third-order valence-corrected chi connectivity index (χ3v) is 3.21. The fourth-order valence-corrected chi connectivity index (χ4v) is 2.32. The van der Waals surface area contributed by atoms with E-state index < -0.39 is 0 Å². The summed E-state index contributed by atoms with van der Waals surface area (Å²) in [6.45, 7) is 2.91. The Morgan fingerprint density at radius 3 is 2.93 bits per heavy atom. The lowest BCUT2D eigenvalue weighted by atomic mass is 10.2. The predicted octanol–water partition coefficient (Wildman–Crippen LogP) is 3.21. The lowest BCUT2D eigenvalue weighted by molar-refractivity contribution is 0.346. The SMILES string of the molecule is CCOC(=S)Sc1ccc(Cl)c(CN)c1. The Morgan fingerprint density at radius 2 is 2.33 bits per heavy atom. The van der Waals surface area contributed by atoms with Crippen molar-refractivity contribution in [1.82, 2.24) is 0 Å². The number of thiocarbonyl (C=S) groups is 1. The van der Waals surface area contributed by atoms with Gasteiger partial charge in [0.15, 0.2) is 0 Å². The molecule has 0 fully saturated rings. The van der Waals surface area contributed by atoms with Crippen LogP contribution in [0.3, 0.4) is 0 Å². The second-order valence-corrected chi connectivity index (χ2v) is 4.83. The van der Waals surface area contributed by atoms with Gasteiger partial charge in [0.1, 0.15) is 0 Å². The number of hydrogen-bond acceptors (Lipinski definition) is 4. The number of rotatable bonds is 3. The molecule has 2 N–H and O–H groups in total.